The second-order valence-electron chi connectivity index (χ2n) is 6.71. The summed E-state index contributed by atoms with van der Waals surface area (Å²) in [6, 6.07) is 14.5. The Balaban J connectivity index is 1.45. The maximum atomic E-state index is 14.3. The Bertz CT molecular complexity index is 1110. The molecular weight excluding hydrogens is 355 g/mol. The maximum Gasteiger partial charge on any atom is 0.245 e. The molecule has 0 radical (unpaired) electrons. The molecule has 4 heterocycles. The van der Waals surface area contributed by atoms with Crippen LogP contribution in [0, 0.1) is 5.82 Å². The topological polar surface area (TPSA) is 55.1 Å². The van der Waals surface area contributed by atoms with Crippen LogP contribution in [0.25, 0.3) is 22.7 Å². The molecule has 1 aromatic carbocycles. The molecule has 0 fully saturated rings. The van der Waals surface area contributed by atoms with Crippen LogP contribution >= 0.6 is 0 Å². The first kappa shape index (κ1) is 16.6. The lowest BCUT2D eigenvalue weighted by Gasteiger charge is -2.27. The molecule has 0 spiro atoms. The van der Waals surface area contributed by atoms with E-state index in [0.717, 1.165) is 41.2 Å². The Labute approximate surface area is 161 Å². The fourth-order valence-corrected chi connectivity index (χ4v) is 3.48. The zero-order chi connectivity index (χ0) is 18.9. The van der Waals surface area contributed by atoms with Crippen molar-refractivity contribution in [2.24, 2.45) is 0 Å². The lowest BCUT2D eigenvalue weighted by atomic mass is 10.0. The Morgan fingerprint density at radius 2 is 1.86 bits per heavy atom. The van der Waals surface area contributed by atoms with Gasteiger partial charge < -0.3 is 9.32 Å². The molecule has 0 unspecified atom stereocenters. The van der Waals surface area contributed by atoms with Gasteiger partial charge in [0, 0.05) is 37.2 Å². The number of oxazole rings is 1. The summed E-state index contributed by atoms with van der Waals surface area (Å²) in [5.74, 6) is 1.08. The summed E-state index contributed by atoms with van der Waals surface area (Å²) in [7, 11) is 0. The molecular formula is C22H17FN4O. The van der Waals surface area contributed by atoms with E-state index in [4.69, 9.17) is 4.42 Å². The normalized spacial score (nSPS) is 13.4. The quantitative estimate of drug-likeness (QED) is 0.530. The lowest BCUT2D eigenvalue weighted by molar-refractivity contribution is 0.493. The first-order chi connectivity index (χ1) is 13.8. The predicted molar refractivity (Wildman–Crippen MR) is 104 cm³/mol. The summed E-state index contributed by atoms with van der Waals surface area (Å²) in [5.41, 5.74) is 4.26. The molecule has 0 saturated carbocycles. The highest BCUT2D eigenvalue weighted by molar-refractivity contribution is 5.68. The van der Waals surface area contributed by atoms with Gasteiger partial charge in [-0.3, -0.25) is 9.97 Å². The second-order valence-corrected chi connectivity index (χ2v) is 6.71. The van der Waals surface area contributed by atoms with Gasteiger partial charge in [-0.15, -0.1) is 0 Å². The van der Waals surface area contributed by atoms with E-state index in [1.807, 2.05) is 36.4 Å². The van der Waals surface area contributed by atoms with Gasteiger partial charge in [0.25, 0.3) is 0 Å². The third-order valence-corrected chi connectivity index (χ3v) is 4.88. The fourth-order valence-electron chi connectivity index (χ4n) is 3.48. The van der Waals surface area contributed by atoms with Gasteiger partial charge in [-0.1, -0.05) is 6.07 Å². The second kappa shape index (κ2) is 6.88. The van der Waals surface area contributed by atoms with Crippen LogP contribution in [0.4, 0.5) is 10.1 Å². The summed E-state index contributed by atoms with van der Waals surface area (Å²) in [6.45, 7) is 1.30. The van der Waals surface area contributed by atoms with Crippen molar-refractivity contribution in [1.29, 1.82) is 0 Å². The third kappa shape index (κ3) is 3.13. The minimum atomic E-state index is -0.262. The number of hydrogen-bond acceptors (Lipinski definition) is 5. The smallest absolute Gasteiger partial charge is 0.245 e. The average molecular weight is 372 g/mol. The van der Waals surface area contributed by atoms with E-state index in [0.29, 0.717) is 18.1 Å². The van der Waals surface area contributed by atoms with Crippen molar-refractivity contribution < 1.29 is 8.81 Å². The van der Waals surface area contributed by atoms with Gasteiger partial charge in [0.15, 0.2) is 0 Å². The van der Waals surface area contributed by atoms with E-state index >= 15 is 0 Å². The van der Waals surface area contributed by atoms with Crippen molar-refractivity contribution in [2.45, 2.75) is 13.0 Å². The molecule has 0 bridgehead atoms. The molecule has 0 amide bonds. The molecule has 5 nitrogen and oxygen atoms in total. The number of benzene rings is 1. The molecule has 0 saturated heterocycles. The maximum absolute atomic E-state index is 14.3. The van der Waals surface area contributed by atoms with Crippen LogP contribution in [-0.2, 0) is 13.0 Å². The number of halogens is 1. The summed E-state index contributed by atoms with van der Waals surface area (Å²) in [4.78, 5) is 15.0. The van der Waals surface area contributed by atoms with Crippen molar-refractivity contribution in [2.75, 3.05) is 11.4 Å². The van der Waals surface area contributed by atoms with Gasteiger partial charge >= 0.3 is 0 Å². The molecule has 138 valence electrons. The van der Waals surface area contributed by atoms with Crippen LogP contribution in [0.1, 0.15) is 11.5 Å². The van der Waals surface area contributed by atoms with Crippen molar-refractivity contribution in [3.63, 3.8) is 0 Å². The van der Waals surface area contributed by atoms with Crippen LogP contribution < -0.4 is 4.90 Å². The molecule has 1 aliphatic rings. The molecule has 4 aromatic rings. The molecule has 6 heteroatoms. The Kier molecular flexibility index (Phi) is 4.09. The molecule has 0 aliphatic carbocycles. The Hall–Kier alpha value is -3.54. The summed E-state index contributed by atoms with van der Waals surface area (Å²) in [5, 5.41) is 0. The predicted octanol–water partition coefficient (Wildman–Crippen LogP) is 4.50. The number of aromatic nitrogens is 3. The van der Waals surface area contributed by atoms with Crippen LogP contribution in [0.2, 0.25) is 0 Å². The first-order valence-corrected chi connectivity index (χ1v) is 9.12. The zero-order valence-corrected chi connectivity index (χ0v) is 15.0. The van der Waals surface area contributed by atoms with Gasteiger partial charge in [0.2, 0.25) is 5.89 Å². The van der Waals surface area contributed by atoms with Crippen molar-refractivity contribution in [3.05, 3.63) is 84.4 Å². The zero-order valence-electron chi connectivity index (χ0n) is 15.0. The number of anilines is 1. The van der Waals surface area contributed by atoms with Crippen LogP contribution in [0.5, 0.6) is 0 Å². The Morgan fingerprint density at radius 1 is 0.964 bits per heavy atom. The van der Waals surface area contributed by atoms with E-state index in [9.17, 15) is 4.39 Å². The highest BCUT2D eigenvalue weighted by Gasteiger charge is 2.24. The van der Waals surface area contributed by atoms with E-state index in [1.165, 1.54) is 0 Å². The van der Waals surface area contributed by atoms with Crippen molar-refractivity contribution in [3.8, 4) is 22.7 Å². The summed E-state index contributed by atoms with van der Waals surface area (Å²) < 4.78 is 20.3. The lowest BCUT2D eigenvalue weighted by Crippen LogP contribution is -2.30. The van der Waals surface area contributed by atoms with E-state index in [-0.39, 0.29) is 5.82 Å². The van der Waals surface area contributed by atoms with E-state index in [1.54, 1.807) is 30.7 Å². The van der Waals surface area contributed by atoms with E-state index in [2.05, 4.69) is 19.9 Å². The number of fused-ring (bicyclic) bond motifs is 1. The number of nitrogens with zero attached hydrogens (tertiary/aromatic N) is 4. The monoisotopic (exact) mass is 372 g/mol. The van der Waals surface area contributed by atoms with Crippen molar-refractivity contribution >= 4 is 5.69 Å². The van der Waals surface area contributed by atoms with Gasteiger partial charge in [-0.2, -0.15) is 0 Å². The Morgan fingerprint density at radius 3 is 2.68 bits per heavy atom. The van der Waals surface area contributed by atoms with Gasteiger partial charge in [0.05, 0.1) is 12.2 Å². The molecule has 28 heavy (non-hydrogen) atoms. The van der Waals surface area contributed by atoms with E-state index < -0.39 is 0 Å². The first-order valence-electron chi connectivity index (χ1n) is 9.12. The minimum Gasteiger partial charge on any atom is -0.438 e. The number of rotatable bonds is 3. The van der Waals surface area contributed by atoms with Crippen LogP contribution in [0.15, 0.2) is 71.5 Å². The highest BCUT2D eigenvalue weighted by atomic mass is 19.1. The minimum absolute atomic E-state index is 0.262. The molecule has 3 aromatic heterocycles. The standard InChI is InChI=1S/C22H17FN4O/c23-17-11-16(15-4-8-24-9-5-15)12-18(13-17)27-10-6-19-21(14-27)28-22(26-19)20-3-1-2-7-25-20/h1-5,7-9,11-13H,6,10,14H2. The number of hydrogen-bond donors (Lipinski definition) is 0. The average Bonchev–Trinajstić information content (AvgIpc) is 3.18. The molecule has 1 aliphatic heterocycles. The van der Waals surface area contributed by atoms with Crippen molar-refractivity contribution in [1.82, 2.24) is 15.0 Å². The summed E-state index contributed by atoms with van der Waals surface area (Å²) >= 11 is 0. The van der Waals surface area contributed by atoms with Crippen LogP contribution in [0.3, 0.4) is 0 Å². The van der Waals surface area contributed by atoms with Gasteiger partial charge in [-0.05, 0) is 53.6 Å². The van der Waals surface area contributed by atoms with Gasteiger partial charge in [-0.25, -0.2) is 9.37 Å². The SMILES string of the molecule is Fc1cc(-c2ccncc2)cc(N2CCc3nc(-c4ccccn4)oc3C2)c1. The third-order valence-electron chi connectivity index (χ3n) is 4.88. The van der Waals surface area contributed by atoms with Crippen LogP contribution in [-0.4, -0.2) is 21.5 Å². The fraction of sp³-hybridized carbons (Fsp3) is 0.136. The molecule has 5 rings (SSSR count). The molecule has 0 N–H and O–H groups in total. The largest absolute Gasteiger partial charge is 0.438 e. The van der Waals surface area contributed by atoms with Gasteiger partial charge in [0.1, 0.15) is 17.3 Å². The summed E-state index contributed by atoms with van der Waals surface area (Å²) in [6.07, 6.45) is 5.88. The number of pyridine rings is 2. The molecule has 0 atom stereocenters. The highest BCUT2D eigenvalue weighted by Crippen LogP contribution is 2.31.